The molecular formula is C11H12BrF3N2O2. The average Bonchev–Trinajstić information content (AvgIpc) is 2.37. The Morgan fingerprint density at radius 2 is 2.32 bits per heavy atom. The molecule has 0 aliphatic carbocycles. The molecule has 0 radical (unpaired) electrons. The third kappa shape index (κ3) is 4.05. The van der Waals surface area contributed by atoms with Gasteiger partial charge in [-0.3, -0.25) is 0 Å². The van der Waals surface area contributed by atoms with E-state index >= 15 is 0 Å². The Hall–Kier alpha value is -0.860. The van der Waals surface area contributed by atoms with E-state index in [1.165, 1.54) is 0 Å². The van der Waals surface area contributed by atoms with Crippen molar-refractivity contribution >= 4 is 15.9 Å². The number of nitrogens with one attached hydrogen (secondary N) is 1. The van der Waals surface area contributed by atoms with Crippen molar-refractivity contribution in [2.24, 2.45) is 0 Å². The van der Waals surface area contributed by atoms with Gasteiger partial charge in [-0.05, 0) is 22.0 Å². The van der Waals surface area contributed by atoms with Crippen molar-refractivity contribution in [3.8, 4) is 5.88 Å². The second-order valence-corrected chi connectivity index (χ2v) is 4.87. The van der Waals surface area contributed by atoms with Gasteiger partial charge in [0.15, 0.2) is 0 Å². The highest BCUT2D eigenvalue weighted by Crippen LogP contribution is 2.33. The molecule has 19 heavy (non-hydrogen) atoms. The molecule has 1 aliphatic heterocycles. The molecule has 2 heterocycles. The van der Waals surface area contributed by atoms with Crippen LogP contribution in [0.15, 0.2) is 16.7 Å². The highest BCUT2D eigenvalue weighted by atomic mass is 79.9. The van der Waals surface area contributed by atoms with Gasteiger partial charge in [-0.2, -0.15) is 13.2 Å². The molecule has 4 nitrogen and oxygen atoms in total. The first-order valence-electron chi connectivity index (χ1n) is 5.64. The topological polar surface area (TPSA) is 43.4 Å². The minimum absolute atomic E-state index is 0.121. The predicted octanol–water partition coefficient (Wildman–Crippen LogP) is 2.23. The molecule has 1 aromatic rings. The number of morpholine rings is 1. The summed E-state index contributed by atoms with van der Waals surface area (Å²) in [6.07, 6.45) is -3.78. The predicted molar refractivity (Wildman–Crippen MR) is 65.0 cm³/mol. The number of halogens is 4. The smallest absolute Gasteiger partial charge is 0.417 e. The van der Waals surface area contributed by atoms with E-state index in [0.29, 0.717) is 13.2 Å². The van der Waals surface area contributed by atoms with Crippen LogP contribution in [0.2, 0.25) is 0 Å². The molecular weight excluding hydrogens is 329 g/mol. The fourth-order valence-corrected chi connectivity index (χ4v) is 2.05. The summed E-state index contributed by atoms with van der Waals surface area (Å²) in [7, 11) is 0. The molecule has 1 saturated heterocycles. The highest BCUT2D eigenvalue weighted by molar-refractivity contribution is 9.10. The molecule has 1 aromatic heterocycles. The van der Waals surface area contributed by atoms with Gasteiger partial charge >= 0.3 is 6.18 Å². The number of rotatable bonds is 3. The minimum atomic E-state index is -4.41. The van der Waals surface area contributed by atoms with E-state index in [1.807, 2.05) is 0 Å². The van der Waals surface area contributed by atoms with Crippen LogP contribution in [-0.4, -0.2) is 37.4 Å². The van der Waals surface area contributed by atoms with Crippen molar-refractivity contribution in [1.82, 2.24) is 10.3 Å². The molecule has 0 spiro atoms. The molecule has 1 aliphatic rings. The maximum atomic E-state index is 12.4. The van der Waals surface area contributed by atoms with Gasteiger partial charge in [0, 0.05) is 19.3 Å². The maximum absolute atomic E-state index is 12.4. The van der Waals surface area contributed by atoms with Gasteiger partial charge in [-0.25, -0.2) is 4.98 Å². The standard InChI is InChI=1S/C11H12BrF3N2O2/c12-9-3-7(11(13,14)15)4-17-10(9)19-6-8-5-16-1-2-18-8/h3-4,8,16H,1-2,5-6H2. The quantitative estimate of drug-likeness (QED) is 0.916. The molecule has 1 fully saturated rings. The van der Waals surface area contributed by atoms with Crippen LogP contribution in [0, 0.1) is 0 Å². The first-order valence-corrected chi connectivity index (χ1v) is 6.44. The molecule has 1 N–H and O–H groups in total. The Kier molecular flexibility index (Phi) is 4.64. The fourth-order valence-electron chi connectivity index (χ4n) is 1.59. The Morgan fingerprint density at radius 3 is 2.89 bits per heavy atom. The number of alkyl halides is 3. The fraction of sp³-hybridized carbons (Fsp3) is 0.545. The summed E-state index contributed by atoms with van der Waals surface area (Å²) in [5.74, 6) is 0.127. The van der Waals surface area contributed by atoms with Gasteiger partial charge in [-0.15, -0.1) is 0 Å². The monoisotopic (exact) mass is 340 g/mol. The highest BCUT2D eigenvalue weighted by Gasteiger charge is 2.31. The number of pyridine rings is 1. The van der Waals surface area contributed by atoms with Crippen molar-refractivity contribution in [1.29, 1.82) is 0 Å². The number of hydrogen-bond donors (Lipinski definition) is 1. The Bertz CT molecular complexity index is 436. The van der Waals surface area contributed by atoms with Gasteiger partial charge in [0.05, 0.1) is 16.6 Å². The van der Waals surface area contributed by atoms with Crippen molar-refractivity contribution in [2.75, 3.05) is 26.3 Å². The third-order valence-electron chi connectivity index (χ3n) is 2.55. The molecule has 106 valence electrons. The SMILES string of the molecule is FC(F)(F)c1cnc(OCC2CNCCO2)c(Br)c1. The largest absolute Gasteiger partial charge is 0.474 e. The number of aromatic nitrogens is 1. The Morgan fingerprint density at radius 1 is 1.53 bits per heavy atom. The third-order valence-corrected chi connectivity index (χ3v) is 3.11. The maximum Gasteiger partial charge on any atom is 0.417 e. The van der Waals surface area contributed by atoms with Crippen LogP contribution in [0.4, 0.5) is 13.2 Å². The number of ether oxygens (including phenoxy) is 2. The lowest BCUT2D eigenvalue weighted by molar-refractivity contribution is -0.137. The summed E-state index contributed by atoms with van der Waals surface area (Å²) < 4.78 is 48.3. The van der Waals surface area contributed by atoms with Crippen LogP contribution in [-0.2, 0) is 10.9 Å². The first-order chi connectivity index (χ1) is 8.97. The van der Waals surface area contributed by atoms with Crippen molar-refractivity contribution in [3.63, 3.8) is 0 Å². The zero-order valence-corrected chi connectivity index (χ0v) is 11.4. The van der Waals surface area contributed by atoms with Crippen LogP contribution >= 0.6 is 15.9 Å². The summed E-state index contributed by atoms with van der Waals surface area (Å²) >= 11 is 3.02. The van der Waals surface area contributed by atoms with Crippen LogP contribution in [0.25, 0.3) is 0 Å². The van der Waals surface area contributed by atoms with E-state index < -0.39 is 11.7 Å². The molecule has 2 rings (SSSR count). The van der Waals surface area contributed by atoms with Crippen molar-refractivity contribution < 1.29 is 22.6 Å². The summed E-state index contributed by atoms with van der Waals surface area (Å²) in [4.78, 5) is 3.66. The van der Waals surface area contributed by atoms with Crippen molar-refractivity contribution in [2.45, 2.75) is 12.3 Å². The minimum Gasteiger partial charge on any atom is -0.474 e. The lowest BCUT2D eigenvalue weighted by Gasteiger charge is -2.23. The van der Waals surface area contributed by atoms with Crippen LogP contribution in [0.3, 0.4) is 0 Å². The summed E-state index contributed by atoms with van der Waals surface area (Å²) in [5, 5.41) is 3.13. The normalized spacial score (nSPS) is 20.3. The Balaban J connectivity index is 1.97. The van der Waals surface area contributed by atoms with E-state index in [4.69, 9.17) is 9.47 Å². The van der Waals surface area contributed by atoms with E-state index in [-0.39, 0.29) is 23.1 Å². The van der Waals surface area contributed by atoms with E-state index in [2.05, 4.69) is 26.2 Å². The molecule has 1 atom stereocenters. The van der Waals surface area contributed by atoms with Gasteiger partial charge in [0.1, 0.15) is 12.7 Å². The van der Waals surface area contributed by atoms with Gasteiger partial charge in [0.25, 0.3) is 0 Å². The Labute approximate surface area is 116 Å². The lowest BCUT2D eigenvalue weighted by Crippen LogP contribution is -2.41. The molecule has 0 aromatic carbocycles. The van der Waals surface area contributed by atoms with Gasteiger partial charge in [-0.1, -0.05) is 0 Å². The number of hydrogen-bond acceptors (Lipinski definition) is 4. The van der Waals surface area contributed by atoms with Crippen molar-refractivity contribution in [3.05, 3.63) is 22.3 Å². The van der Waals surface area contributed by atoms with Crippen LogP contribution in [0.1, 0.15) is 5.56 Å². The molecule has 0 bridgehead atoms. The van der Waals surface area contributed by atoms with E-state index in [9.17, 15) is 13.2 Å². The van der Waals surface area contributed by atoms with Gasteiger partial charge < -0.3 is 14.8 Å². The zero-order chi connectivity index (χ0) is 13.9. The van der Waals surface area contributed by atoms with Gasteiger partial charge in [0.2, 0.25) is 5.88 Å². The average molecular weight is 341 g/mol. The zero-order valence-electron chi connectivity index (χ0n) is 9.84. The summed E-state index contributed by atoms with van der Waals surface area (Å²) in [6, 6.07) is 0.947. The van der Waals surface area contributed by atoms with E-state index in [0.717, 1.165) is 18.8 Å². The molecule has 0 saturated carbocycles. The number of nitrogens with zero attached hydrogens (tertiary/aromatic N) is 1. The summed E-state index contributed by atoms with van der Waals surface area (Å²) in [6.45, 7) is 2.27. The molecule has 0 amide bonds. The molecule has 1 unspecified atom stereocenters. The van der Waals surface area contributed by atoms with E-state index in [1.54, 1.807) is 0 Å². The second-order valence-electron chi connectivity index (χ2n) is 4.02. The molecule has 8 heteroatoms. The first kappa shape index (κ1) is 14.5. The van der Waals surface area contributed by atoms with Crippen LogP contribution < -0.4 is 10.1 Å². The lowest BCUT2D eigenvalue weighted by atomic mass is 10.3. The second kappa shape index (κ2) is 6.06. The summed E-state index contributed by atoms with van der Waals surface area (Å²) in [5.41, 5.74) is -0.817. The van der Waals surface area contributed by atoms with Crippen LogP contribution in [0.5, 0.6) is 5.88 Å².